The molecule has 1 N–H and O–H groups in total. The molecule has 2 heterocycles. The molecule has 2 aromatic rings. The summed E-state index contributed by atoms with van der Waals surface area (Å²) in [6, 6.07) is 8.31. The van der Waals surface area contributed by atoms with Crippen LogP contribution in [0.5, 0.6) is 11.5 Å². The summed E-state index contributed by atoms with van der Waals surface area (Å²) in [6.07, 6.45) is 1.10. The average molecular weight is 275 g/mol. The monoisotopic (exact) mass is 275 g/mol. The molecule has 0 saturated carbocycles. The molecule has 1 aromatic heterocycles. The molecule has 0 atom stereocenters. The van der Waals surface area contributed by atoms with Crippen LogP contribution in [-0.2, 0) is 19.5 Å². The zero-order chi connectivity index (χ0) is 13.1. The Bertz CT molecular complexity index is 565. The van der Waals surface area contributed by atoms with Gasteiger partial charge in [0.15, 0.2) is 11.5 Å². The van der Waals surface area contributed by atoms with Crippen LogP contribution in [0, 0.1) is 0 Å². The minimum Gasteiger partial charge on any atom is -0.454 e. The average Bonchev–Trinajstić information content (AvgIpc) is 3.06. The van der Waals surface area contributed by atoms with Gasteiger partial charge < -0.3 is 14.8 Å². The van der Waals surface area contributed by atoms with E-state index >= 15 is 0 Å². The van der Waals surface area contributed by atoms with Gasteiger partial charge in [-0.15, -0.1) is 11.3 Å². The fourth-order valence-corrected chi connectivity index (χ4v) is 3.15. The van der Waals surface area contributed by atoms with E-state index < -0.39 is 0 Å². The van der Waals surface area contributed by atoms with Crippen molar-refractivity contribution in [2.75, 3.05) is 6.79 Å². The van der Waals surface area contributed by atoms with Crippen molar-refractivity contribution < 1.29 is 9.47 Å². The molecule has 1 aliphatic rings. The van der Waals surface area contributed by atoms with Gasteiger partial charge in [-0.2, -0.15) is 0 Å². The Kier molecular flexibility index (Phi) is 3.71. The summed E-state index contributed by atoms with van der Waals surface area (Å²) < 4.78 is 10.7. The van der Waals surface area contributed by atoms with E-state index in [0.29, 0.717) is 6.79 Å². The highest BCUT2D eigenvalue weighted by Gasteiger charge is 2.12. The number of thiophene rings is 1. The van der Waals surface area contributed by atoms with Crippen molar-refractivity contribution in [2.24, 2.45) is 0 Å². The third-order valence-electron chi connectivity index (χ3n) is 3.27. The molecule has 0 bridgehead atoms. The SMILES string of the molecule is CCc1ccsc1CNCc1ccc2c(c1)OCO2. The lowest BCUT2D eigenvalue weighted by molar-refractivity contribution is 0.174. The third-order valence-corrected chi connectivity index (χ3v) is 4.23. The molecule has 0 radical (unpaired) electrons. The maximum absolute atomic E-state index is 5.38. The van der Waals surface area contributed by atoms with E-state index in [2.05, 4.69) is 29.8 Å². The zero-order valence-electron chi connectivity index (χ0n) is 10.9. The molecule has 4 heteroatoms. The van der Waals surface area contributed by atoms with Gasteiger partial charge in [-0.1, -0.05) is 13.0 Å². The Hall–Kier alpha value is -1.52. The second-order valence-electron chi connectivity index (χ2n) is 4.51. The van der Waals surface area contributed by atoms with Crippen LogP contribution >= 0.6 is 11.3 Å². The highest BCUT2D eigenvalue weighted by molar-refractivity contribution is 7.10. The lowest BCUT2D eigenvalue weighted by atomic mass is 10.2. The van der Waals surface area contributed by atoms with Gasteiger partial charge in [-0.05, 0) is 41.1 Å². The summed E-state index contributed by atoms with van der Waals surface area (Å²) in [4.78, 5) is 1.43. The molecule has 3 nitrogen and oxygen atoms in total. The third kappa shape index (κ3) is 2.74. The summed E-state index contributed by atoms with van der Waals surface area (Å²) in [6.45, 7) is 4.30. The summed E-state index contributed by atoms with van der Waals surface area (Å²) in [7, 11) is 0. The second-order valence-corrected chi connectivity index (χ2v) is 5.51. The van der Waals surface area contributed by atoms with Crippen molar-refractivity contribution in [2.45, 2.75) is 26.4 Å². The predicted octanol–water partition coefficient (Wildman–Crippen LogP) is 3.33. The molecule has 0 amide bonds. The van der Waals surface area contributed by atoms with Gasteiger partial charge in [0.1, 0.15) is 0 Å². The van der Waals surface area contributed by atoms with Crippen LogP contribution in [0.1, 0.15) is 22.9 Å². The lowest BCUT2D eigenvalue weighted by Crippen LogP contribution is -2.12. The first-order valence-electron chi connectivity index (χ1n) is 6.51. The van der Waals surface area contributed by atoms with Crippen molar-refractivity contribution in [3.63, 3.8) is 0 Å². The van der Waals surface area contributed by atoms with Crippen LogP contribution in [0.3, 0.4) is 0 Å². The van der Waals surface area contributed by atoms with E-state index in [-0.39, 0.29) is 0 Å². The number of hydrogen-bond acceptors (Lipinski definition) is 4. The molecular formula is C15H17NO2S. The Morgan fingerprint density at radius 3 is 2.95 bits per heavy atom. The molecule has 3 rings (SSSR count). The van der Waals surface area contributed by atoms with Gasteiger partial charge in [-0.3, -0.25) is 0 Å². The molecule has 0 fully saturated rings. The van der Waals surface area contributed by atoms with Crippen molar-refractivity contribution in [1.82, 2.24) is 5.32 Å². The quantitative estimate of drug-likeness (QED) is 0.908. The second kappa shape index (κ2) is 5.63. The first kappa shape index (κ1) is 12.5. The van der Waals surface area contributed by atoms with Crippen LogP contribution in [-0.4, -0.2) is 6.79 Å². The minimum absolute atomic E-state index is 0.335. The Balaban J connectivity index is 1.58. The predicted molar refractivity (Wildman–Crippen MR) is 76.8 cm³/mol. The highest BCUT2D eigenvalue weighted by Crippen LogP contribution is 2.32. The number of rotatable bonds is 5. The number of ether oxygens (including phenoxy) is 2. The summed E-state index contributed by atoms with van der Waals surface area (Å²) in [5, 5.41) is 5.65. The van der Waals surface area contributed by atoms with Crippen molar-refractivity contribution in [3.05, 3.63) is 45.6 Å². The van der Waals surface area contributed by atoms with Crippen LogP contribution in [0.2, 0.25) is 0 Å². The number of nitrogens with one attached hydrogen (secondary N) is 1. The van der Waals surface area contributed by atoms with Crippen molar-refractivity contribution in [1.29, 1.82) is 0 Å². The first-order chi connectivity index (χ1) is 9.36. The minimum atomic E-state index is 0.335. The van der Waals surface area contributed by atoms with Gasteiger partial charge in [0, 0.05) is 18.0 Å². The van der Waals surface area contributed by atoms with E-state index in [4.69, 9.17) is 9.47 Å². The lowest BCUT2D eigenvalue weighted by Gasteiger charge is -2.06. The Labute approximate surface area is 117 Å². The Morgan fingerprint density at radius 2 is 2.05 bits per heavy atom. The summed E-state index contributed by atoms with van der Waals surface area (Å²) in [5.74, 6) is 1.69. The van der Waals surface area contributed by atoms with E-state index in [1.807, 2.05) is 23.5 Å². The number of fused-ring (bicyclic) bond motifs is 1. The number of benzene rings is 1. The zero-order valence-corrected chi connectivity index (χ0v) is 11.8. The van der Waals surface area contributed by atoms with E-state index in [9.17, 15) is 0 Å². The summed E-state index contributed by atoms with van der Waals surface area (Å²) in [5.41, 5.74) is 2.67. The topological polar surface area (TPSA) is 30.5 Å². The molecule has 19 heavy (non-hydrogen) atoms. The van der Waals surface area contributed by atoms with E-state index in [1.165, 1.54) is 16.0 Å². The van der Waals surface area contributed by atoms with E-state index in [1.54, 1.807) is 0 Å². The van der Waals surface area contributed by atoms with Gasteiger partial charge in [0.2, 0.25) is 6.79 Å². The largest absolute Gasteiger partial charge is 0.454 e. The normalized spacial score (nSPS) is 12.9. The molecule has 0 saturated heterocycles. The maximum atomic E-state index is 5.38. The molecule has 0 spiro atoms. The number of aryl methyl sites for hydroxylation is 1. The Morgan fingerprint density at radius 1 is 1.16 bits per heavy atom. The van der Waals surface area contributed by atoms with Gasteiger partial charge in [0.05, 0.1) is 0 Å². The van der Waals surface area contributed by atoms with Crippen LogP contribution < -0.4 is 14.8 Å². The molecule has 0 unspecified atom stereocenters. The summed E-state index contributed by atoms with van der Waals surface area (Å²) >= 11 is 1.82. The van der Waals surface area contributed by atoms with Gasteiger partial charge >= 0.3 is 0 Å². The fourth-order valence-electron chi connectivity index (χ4n) is 2.21. The maximum Gasteiger partial charge on any atom is 0.231 e. The first-order valence-corrected chi connectivity index (χ1v) is 7.39. The van der Waals surface area contributed by atoms with Gasteiger partial charge in [0.25, 0.3) is 0 Å². The number of hydrogen-bond donors (Lipinski definition) is 1. The van der Waals surface area contributed by atoms with Crippen LogP contribution in [0.4, 0.5) is 0 Å². The van der Waals surface area contributed by atoms with Crippen molar-refractivity contribution in [3.8, 4) is 11.5 Å². The molecule has 1 aromatic carbocycles. The van der Waals surface area contributed by atoms with Crippen LogP contribution in [0.25, 0.3) is 0 Å². The highest BCUT2D eigenvalue weighted by atomic mass is 32.1. The van der Waals surface area contributed by atoms with Crippen molar-refractivity contribution >= 4 is 11.3 Å². The van der Waals surface area contributed by atoms with Crippen LogP contribution in [0.15, 0.2) is 29.6 Å². The smallest absolute Gasteiger partial charge is 0.231 e. The standard InChI is InChI=1S/C15H17NO2S/c1-2-12-5-6-19-15(12)9-16-8-11-3-4-13-14(7-11)18-10-17-13/h3-7,16H,2,8-10H2,1H3. The molecule has 0 aliphatic carbocycles. The fraction of sp³-hybridized carbons (Fsp3) is 0.333. The molecule has 1 aliphatic heterocycles. The van der Waals surface area contributed by atoms with Gasteiger partial charge in [-0.25, -0.2) is 0 Å². The molecule has 100 valence electrons. The molecular weight excluding hydrogens is 258 g/mol. The van der Waals surface area contributed by atoms with E-state index in [0.717, 1.165) is 31.0 Å².